The quantitative estimate of drug-likeness (QED) is 0.108. The van der Waals surface area contributed by atoms with Crippen LogP contribution in [0.3, 0.4) is 0 Å². The zero-order chi connectivity index (χ0) is 26.1. The minimum absolute atomic E-state index is 0.0223. The van der Waals surface area contributed by atoms with E-state index in [0.29, 0.717) is 17.0 Å². The van der Waals surface area contributed by atoms with Crippen LogP contribution in [0.5, 0.6) is 0 Å². The second kappa shape index (κ2) is 17.4. The molecule has 7 heteroatoms. The lowest BCUT2D eigenvalue weighted by atomic mass is 10.0. The van der Waals surface area contributed by atoms with E-state index in [1.165, 1.54) is 82.4 Å². The molecule has 1 aliphatic heterocycles. The lowest BCUT2D eigenvalue weighted by Crippen LogP contribution is -2.08. The molecule has 0 aliphatic carbocycles. The van der Waals surface area contributed by atoms with E-state index >= 15 is 0 Å². The largest absolute Gasteiger partial charge is 0.328 e. The molecule has 0 saturated carbocycles. The molecular weight excluding hydrogens is 488 g/mol. The van der Waals surface area contributed by atoms with Crippen LogP contribution in [0.15, 0.2) is 46.5 Å². The molecule has 0 amide bonds. The zero-order valence-corrected chi connectivity index (χ0v) is 23.6. The molecule has 0 radical (unpaired) electrons. The van der Waals surface area contributed by atoms with Crippen LogP contribution in [0.1, 0.15) is 108 Å². The molecule has 1 aromatic carbocycles. The maximum atomic E-state index is 12.2. The van der Waals surface area contributed by atoms with Gasteiger partial charge in [0.15, 0.2) is 0 Å². The average Bonchev–Trinajstić information content (AvgIpc) is 3.33. The third-order valence-electron chi connectivity index (χ3n) is 6.35. The molecular formula is C29H42N2O3S2. The molecule has 0 unspecified atom stereocenters. The number of nitriles is 1. The number of benzene rings is 1. The molecule has 5 nitrogen and oxygen atoms in total. The molecule has 0 aromatic heterocycles. The summed E-state index contributed by atoms with van der Waals surface area (Å²) in [6.07, 6.45) is 20.5. The van der Waals surface area contributed by atoms with Gasteiger partial charge in [0.25, 0.3) is 0 Å². The smallest absolute Gasteiger partial charge is 0.267 e. The van der Waals surface area contributed by atoms with Crippen molar-refractivity contribution in [3.05, 3.63) is 52.4 Å². The van der Waals surface area contributed by atoms with Crippen LogP contribution in [0.25, 0.3) is 5.57 Å². The molecule has 0 N–H and O–H groups in total. The minimum atomic E-state index is -3.70. The summed E-state index contributed by atoms with van der Waals surface area (Å²) in [4.78, 5) is 0.735. The van der Waals surface area contributed by atoms with Gasteiger partial charge in [-0.2, -0.15) is 13.7 Å². The van der Waals surface area contributed by atoms with E-state index in [-0.39, 0.29) is 5.75 Å². The lowest BCUT2D eigenvalue weighted by molar-refractivity contribution is 0.339. The third-order valence-corrected chi connectivity index (χ3v) is 8.42. The highest BCUT2D eigenvalue weighted by Crippen LogP contribution is 2.34. The van der Waals surface area contributed by atoms with Crippen LogP contribution in [-0.2, 0) is 14.4 Å². The molecule has 198 valence electrons. The van der Waals surface area contributed by atoms with Crippen molar-refractivity contribution in [2.75, 3.05) is 5.75 Å². The monoisotopic (exact) mass is 530 g/mol. The number of hydrogen-bond acceptors (Lipinski definition) is 6. The van der Waals surface area contributed by atoms with Gasteiger partial charge in [0.2, 0.25) is 0 Å². The molecule has 1 aliphatic rings. The fourth-order valence-corrected chi connectivity index (χ4v) is 5.92. The maximum Gasteiger partial charge on any atom is 0.328 e. The summed E-state index contributed by atoms with van der Waals surface area (Å²) < 4.78 is 29.3. The van der Waals surface area contributed by atoms with E-state index in [4.69, 9.17) is 4.28 Å². The van der Waals surface area contributed by atoms with Gasteiger partial charge in [0.05, 0.1) is 11.3 Å². The SMILES string of the molecule is CCCCCCCCCCCCCCCCS(=O)(=O)ON=C1C=CC(=C(C#N)c2ccccc2C)S1. The molecule has 0 saturated heterocycles. The second-order valence-corrected chi connectivity index (χ2v) is 12.2. The zero-order valence-electron chi connectivity index (χ0n) is 22.0. The topological polar surface area (TPSA) is 79.5 Å². The Morgan fingerprint density at radius 2 is 1.44 bits per heavy atom. The fourth-order valence-electron chi connectivity index (χ4n) is 4.22. The molecule has 0 bridgehead atoms. The van der Waals surface area contributed by atoms with Gasteiger partial charge in [0, 0.05) is 4.91 Å². The van der Waals surface area contributed by atoms with Crippen LogP contribution in [0, 0.1) is 18.3 Å². The van der Waals surface area contributed by atoms with Crippen molar-refractivity contribution in [2.45, 2.75) is 104 Å². The third kappa shape index (κ3) is 11.8. The van der Waals surface area contributed by atoms with E-state index in [1.54, 1.807) is 12.2 Å². The van der Waals surface area contributed by atoms with Crippen molar-refractivity contribution < 1.29 is 12.7 Å². The Morgan fingerprint density at radius 3 is 2.00 bits per heavy atom. The Labute approximate surface area is 223 Å². The predicted octanol–water partition coefficient (Wildman–Crippen LogP) is 8.67. The highest BCUT2D eigenvalue weighted by molar-refractivity contribution is 8.18. The van der Waals surface area contributed by atoms with Crippen molar-refractivity contribution in [1.29, 1.82) is 5.26 Å². The first-order chi connectivity index (χ1) is 17.5. The summed E-state index contributed by atoms with van der Waals surface area (Å²) in [5, 5.41) is 13.9. The van der Waals surface area contributed by atoms with Crippen LogP contribution in [0.2, 0.25) is 0 Å². The van der Waals surface area contributed by atoms with Gasteiger partial charge in [-0.1, -0.05) is 132 Å². The van der Waals surface area contributed by atoms with E-state index in [2.05, 4.69) is 18.1 Å². The van der Waals surface area contributed by atoms with Gasteiger partial charge in [-0.3, -0.25) is 4.28 Å². The molecule has 1 aromatic rings. The van der Waals surface area contributed by atoms with Crippen LogP contribution in [-0.4, -0.2) is 19.2 Å². The van der Waals surface area contributed by atoms with Gasteiger partial charge in [-0.25, -0.2) is 0 Å². The number of nitrogens with zero attached hydrogens (tertiary/aromatic N) is 2. The first-order valence-corrected chi connectivity index (χ1v) is 15.9. The molecule has 0 spiro atoms. The Bertz CT molecular complexity index is 1040. The molecule has 1 heterocycles. The summed E-state index contributed by atoms with van der Waals surface area (Å²) in [6, 6.07) is 9.94. The number of hydrogen-bond donors (Lipinski definition) is 0. The molecule has 0 fully saturated rings. The van der Waals surface area contributed by atoms with Crippen molar-refractivity contribution in [3.8, 4) is 6.07 Å². The number of oxime groups is 1. The van der Waals surface area contributed by atoms with E-state index in [0.717, 1.165) is 28.9 Å². The maximum absolute atomic E-state index is 12.2. The normalized spacial score (nSPS) is 15.9. The first kappa shape index (κ1) is 30.2. The van der Waals surface area contributed by atoms with Crippen LogP contribution in [0.4, 0.5) is 0 Å². The summed E-state index contributed by atoms with van der Waals surface area (Å²) in [6.45, 7) is 4.21. The van der Waals surface area contributed by atoms with Crippen molar-refractivity contribution in [1.82, 2.24) is 0 Å². The molecule has 36 heavy (non-hydrogen) atoms. The standard InChI is InChI=1S/C29H42N2O3S2/c1-3-4-5-6-7-8-9-10-11-12-13-14-15-18-23-36(32,33)34-31-29-22-21-28(35-29)27(24-30)26-20-17-16-19-25(26)2/h16-17,19-22H,3-15,18,23H2,1-2H3. The summed E-state index contributed by atoms with van der Waals surface area (Å²) in [5.41, 5.74) is 2.41. The van der Waals surface area contributed by atoms with Gasteiger partial charge in [-0.05, 0) is 36.6 Å². The fraction of sp³-hybridized carbons (Fsp3) is 0.586. The lowest BCUT2D eigenvalue weighted by Gasteiger charge is -2.06. The predicted molar refractivity (Wildman–Crippen MR) is 153 cm³/mol. The van der Waals surface area contributed by atoms with Gasteiger partial charge < -0.3 is 0 Å². The number of unbranched alkanes of at least 4 members (excludes halogenated alkanes) is 13. The van der Waals surface area contributed by atoms with Gasteiger partial charge in [-0.15, -0.1) is 0 Å². The number of rotatable bonds is 18. The molecule has 0 atom stereocenters. The summed E-state index contributed by atoms with van der Waals surface area (Å²) in [7, 11) is -3.70. The first-order valence-electron chi connectivity index (χ1n) is 13.5. The van der Waals surface area contributed by atoms with E-state index in [9.17, 15) is 13.7 Å². The van der Waals surface area contributed by atoms with Gasteiger partial charge >= 0.3 is 10.1 Å². The average molecular weight is 531 g/mol. The number of allylic oxidation sites excluding steroid dienone is 2. The Kier molecular flexibility index (Phi) is 14.6. The highest BCUT2D eigenvalue weighted by atomic mass is 32.2. The van der Waals surface area contributed by atoms with E-state index in [1.807, 2.05) is 31.2 Å². The summed E-state index contributed by atoms with van der Waals surface area (Å²) >= 11 is 1.24. The Morgan fingerprint density at radius 1 is 0.889 bits per heavy atom. The van der Waals surface area contributed by atoms with Crippen molar-refractivity contribution in [2.24, 2.45) is 5.16 Å². The Balaban J connectivity index is 1.60. The number of aryl methyl sites for hydroxylation is 1. The Hall–Kier alpha value is -2.04. The number of thioether (sulfide) groups is 1. The molecule has 2 rings (SSSR count). The van der Waals surface area contributed by atoms with Crippen molar-refractivity contribution >= 4 is 32.5 Å². The summed E-state index contributed by atoms with van der Waals surface area (Å²) in [5.74, 6) is -0.0223. The van der Waals surface area contributed by atoms with Crippen molar-refractivity contribution in [3.63, 3.8) is 0 Å². The van der Waals surface area contributed by atoms with E-state index < -0.39 is 10.1 Å². The second-order valence-electron chi connectivity index (χ2n) is 9.46. The minimum Gasteiger partial charge on any atom is -0.267 e. The highest BCUT2D eigenvalue weighted by Gasteiger charge is 2.18. The van der Waals surface area contributed by atoms with Crippen LogP contribution < -0.4 is 0 Å². The van der Waals surface area contributed by atoms with Crippen LogP contribution >= 0.6 is 11.8 Å². The van der Waals surface area contributed by atoms with Gasteiger partial charge in [0.1, 0.15) is 11.1 Å².